The molecule has 0 atom stereocenters. The standard InChI is InChI=1S/C26H25N2O/c1-14-10-22(28(6)13-17(14)4)25-16(3)9-15(2)24-20-12-21-19(8-7-18(5)27-21)11-23(20)29-26(24)25/h7-13H,1-6H3/q+1/i2D3,4D3. The summed E-state index contributed by atoms with van der Waals surface area (Å²) >= 11 is 0. The number of aromatic nitrogens is 2. The molecule has 0 aliphatic carbocycles. The van der Waals surface area contributed by atoms with Gasteiger partial charge in [0.25, 0.3) is 0 Å². The smallest absolute Gasteiger partial charge is 0.216 e. The molecule has 0 amide bonds. The zero-order chi connectivity index (χ0) is 25.4. The van der Waals surface area contributed by atoms with Crippen LogP contribution in [0.3, 0.4) is 0 Å². The molecule has 2 aromatic carbocycles. The minimum Gasteiger partial charge on any atom is -0.455 e. The van der Waals surface area contributed by atoms with E-state index in [4.69, 9.17) is 12.6 Å². The molecule has 5 aromatic rings. The third-order valence-corrected chi connectivity index (χ3v) is 5.63. The van der Waals surface area contributed by atoms with E-state index in [0.29, 0.717) is 27.5 Å². The van der Waals surface area contributed by atoms with Gasteiger partial charge in [-0.3, -0.25) is 4.98 Å². The highest BCUT2D eigenvalue weighted by Gasteiger charge is 2.23. The minimum atomic E-state index is -2.35. The molecule has 0 unspecified atom stereocenters. The Labute approximate surface area is 179 Å². The molecule has 144 valence electrons. The van der Waals surface area contributed by atoms with Crippen molar-refractivity contribution in [3.8, 4) is 11.3 Å². The average Bonchev–Trinajstić information content (AvgIpc) is 3.09. The first-order valence-electron chi connectivity index (χ1n) is 12.5. The fraction of sp³-hybridized carbons (Fsp3) is 0.231. The summed E-state index contributed by atoms with van der Waals surface area (Å²) in [4.78, 5) is 4.62. The normalized spacial score (nSPS) is 15.7. The van der Waals surface area contributed by atoms with Gasteiger partial charge < -0.3 is 4.42 Å². The summed E-state index contributed by atoms with van der Waals surface area (Å²) in [5.41, 5.74) is 6.02. The van der Waals surface area contributed by atoms with Gasteiger partial charge in [-0.15, -0.1) is 0 Å². The molecule has 5 rings (SSSR count). The Morgan fingerprint density at radius 2 is 1.76 bits per heavy atom. The van der Waals surface area contributed by atoms with Crippen molar-refractivity contribution in [2.24, 2.45) is 7.05 Å². The maximum Gasteiger partial charge on any atom is 0.216 e. The molecule has 0 aliphatic heterocycles. The van der Waals surface area contributed by atoms with E-state index in [1.807, 2.05) is 44.2 Å². The zero-order valence-electron chi connectivity index (χ0n) is 22.8. The van der Waals surface area contributed by atoms with Gasteiger partial charge in [0.1, 0.15) is 18.2 Å². The molecule has 29 heavy (non-hydrogen) atoms. The highest BCUT2D eigenvalue weighted by atomic mass is 16.3. The van der Waals surface area contributed by atoms with Gasteiger partial charge in [-0.25, -0.2) is 4.57 Å². The van der Waals surface area contributed by atoms with Crippen LogP contribution < -0.4 is 4.57 Å². The van der Waals surface area contributed by atoms with Crippen molar-refractivity contribution in [1.82, 2.24) is 4.98 Å². The van der Waals surface area contributed by atoms with Crippen LogP contribution in [0.5, 0.6) is 0 Å². The molecule has 3 heteroatoms. The summed E-state index contributed by atoms with van der Waals surface area (Å²) in [6.45, 7) is 0.953. The second-order valence-corrected chi connectivity index (χ2v) is 7.78. The summed E-state index contributed by atoms with van der Waals surface area (Å²) in [6, 6.07) is 11.2. The number of hydrogen-bond donors (Lipinski definition) is 0. The predicted molar refractivity (Wildman–Crippen MR) is 119 cm³/mol. The zero-order valence-corrected chi connectivity index (χ0v) is 16.8. The van der Waals surface area contributed by atoms with Crippen molar-refractivity contribution in [3.05, 3.63) is 70.5 Å². The van der Waals surface area contributed by atoms with Crippen molar-refractivity contribution in [1.29, 1.82) is 0 Å². The Kier molecular flexibility index (Phi) is 2.62. The van der Waals surface area contributed by atoms with Gasteiger partial charge in [-0.1, -0.05) is 12.1 Å². The fourth-order valence-electron chi connectivity index (χ4n) is 4.12. The summed E-state index contributed by atoms with van der Waals surface area (Å²) in [5.74, 6) is 0. The average molecular weight is 388 g/mol. The molecular formula is C26H25N2O+. The first kappa shape index (κ1) is 12.4. The Morgan fingerprint density at radius 1 is 0.931 bits per heavy atom. The third kappa shape index (κ3) is 2.65. The van der Waals surface area contributed by atoms with Crippen molar-refractivity contribution in [3.63, 3.8) is 0 Å². The Morgan fingerprint density at radius 3 is 2.55 bits per heavy atom. The predicted octanol–water partition coefficient (Wildman–Crippen LogP) is 6.17. The van der Waals surface area contributed by atoms with Crippen LogP contribution in [0.4, 0.5) is 0 Å². The van der Waals surface area contributed by atoms with Gasteiger partial charge in [0.2, 0.25) is 5.69 Å². The van der Waals surface area contributed by atoms with Gasteiger partial charge in [0.05, 0.1) is 11.1 Å². The number of rotatable bonds is 1. The second kappa shape index (κ2) is 6.15. The van der Waals surface area contributed by atoms with Crippen LogP contribution in [0, 0.1) is 34.5 Å². The number of pyridine rings is 2. The first-order valence-corrected chi connectivity index (χ1v) is 9.54. The summed E-state index contributed by atoms with van der Waals surface area (Å²) in [7, 11) is 1.79. The van der Waals surface area contributed by atoms with Gasteiger partial charge in [0, 0.05) is 41.7 Å². The Balaban J connectivity index is 1.93. The van der Waals surface area contributed by atoms with Crippen LogP contribution >= 0.6 is 0 Å². The monoisotopic (exact) mass is 387 g/mol. The van der Waals surface area contributed by atoms with E-state index in [1.165, 1.54) is 0 Å². The quantitative estimate of drug-likeness (QED) is 0.322. The van der Waals surface area contributed by atoms with E-state index in [1.54, 1.807) is 30.8 Å². The van der Waals surface area contributed by atoms with E-state index < -0.39 is 13.7 Å². The van der Waals surface area contributed by atoms with Crippen LogP contribution in [0.25, 0.3) is 44.1 Å². The molecular weight excluding hydrogens is 356 g/mol. The van der Waals surface area contributed by atoms with Crippen LogP contribution in [0.15, 0.2) is 47.0 Å². The lowest BCUT2D eigenvalue weighted by molar-refractivity contribution is -0.660. The van der Waals surface area contributed by atoms with Gasteiger partial charge >= 0.3 is 0 Å². The summed E-state index contributed by atoms with van der Waals surface area (Å²) in [6.07, 6.45) is 1.62. The lowest BCUT2D eigenvalue weighted by Gasteiger charge is -2.09. The maximum absolute atomic E-state index is 8.22. The third-order valence-electron chi connectivity index (χ3n) is 5.63. The molecule has 0 radical (unpaired) electrons. The molecule has 0 aliphatic rings. The number of fused-ring (bicyclic) bond motifs is 4. The van der Waals surface area contributed by atoms with Crippen LogP contribution in [0.1, 0.15) is 36.2 Å². The van der Waals surface area contributed by atoms with Gasteiger partial charge in [-0.05, 0) is 69.4 Å². The first-order chi connectivity index (χ1) is 16.3. The highest BCUT2D eigenvalue weighted by Crippen LogP contribution is 2.40. The maximum atomic E-state index is 8.22. The van der Waals surface area contributed by atoms with Crippen LogP contribution in [-0.4, -0.2) is 4.98 Å². The molecule has 0 fully saturated rings. The number of furan rings is 1. The topological polar surface area (TPSA) is 29.9 Å². The Hall–Kier alpha value is -3.20. The number of benzene rings is 2. The lowest BCUT2D eigenvalue weighted by Crippen LogP contribution is -2.31. The highest BCUT2D eigenvalue weighted by molar-refractivity contribution is 6.14. The molecule has 0 spiro atoms. The largest absolute Gasteiger partial charge is 0.455 e. The Bertz CT molecular complexity index is 1660. The number of nitrogens with zero attached hydrogens (tertiary/aromatic N) is 2. The van der Waals surface area contributed by atoms with Gasteiger partial charge in [0.15, 0.2) is 6.20 Å². The van der Waals surface area contributed by atoms with Gasteiger partial charge in [-0.2, -0.15) is 0 Å². The summed E-state index contributed by atoms with van der Waals surface area (Å²) < 4.78 is 56.3. The van der Waals surface area contributed by atoms with E-state index >= 15 is 0 Å². The van der Waals surface area contributed by atoms with E-state index in [0.717, 1.165) is 33.4 Å². The van der Waals surface area contributed by atoms with Crippen molar-refractivity contribution < 1.29 is 17.2 Å². The number of hydrogen-bond acceptors (Lipinski definition) is 2. The number of aryl methyl sites for hydroxylation is 6. The van der Waals surface area contributed by atoms with Crippen molar-refractivity contribution in [2.45, 2.75) is 34.5 Å². The van der Waals surface area contributed by atoms with E-state index in [9.17, 15) is 0 Å². The van der Waals surface area contributed by atoms with E-state index in [2.05, 4.69) is 4.98 Å². The molecule has 0 saturated carbocycles. The molecule has 0 saturated heterocycles. The van der Waals surface area contributed by atoms with Crippen molar-refractivity contribution in [2.75, 3.05) is 0 Å². The summed E-state index contributed by atoms with van der Waals surface area (Å²) in [5, 5.41) is 2.12. The minimum absolute atomic E-state index is 0.220. The molecule has 3 nitrogen and oxygen atoms in total. The van der Waals surface area contributed by atoms with Crippen LogP contribution in [0.2, 0.25) is 0 Å². The van der Waals surface area contributed by atoms with Crippen molar-refractivity contribution >= 4 is 32.8 Å². The fourth-order valence-corrected chi connectivity index (χ4v) is 4.12. The molecule has 3 heterocycles. The molecule has 3 aromatic heterocycles. The molecule has 0 bridgehead atoms. The lowest BCUT2D eigenvalue weighted by atomic mass is 9.95. The van der Waals surface area contributed by atoms with Crippen LogP contribution in [-0.2, 0) is 7.05 Å². The van der Waals surface area contributed by atoms with E-state index in [-0.39, 0.29) is 11.1 Å². The SMILES string of the molecule is [2H]C([2H])([2H])c1c[n+](C)c(-c2c(C)cc(C([2H])([2H])[2H])c3c2oc2cc4ccc(C)nc4cc23)cc1C. The molecule has 0 N–H and O–H groups in total. The second-order valence-electron chi connectivity index (χ2n) is 7.78.